The van der Waals surface area contributed by atoms with Gasteiger partial charge in [-0.05, 0) is 70.8 Å². The first kappa shape index (κ1) is 51.2. The number of benzene rings is 4. The number of fused-ring (bicyclic) bond motifs is 2. The second kappa shape index (κ2) is 23.2. The van der Waals surface area contributed by atoms with E-state index < -0.39 is 0 Å². The van der Waals surface area contributed by atoms with E-state index in [1.807, 2.05) is 36.4 Å². The third kappa shape index (κ3) is 11.9. The van der Waals surface area contributed by atoms with Crippen LogP contribution in [0.4, 0.5) is 0 Å². The van der Waals surface area contributed by atoms with Gasteiger partial charge in [0.25, 0.3) is 0 Å². The monoisotopic (exact) mass is 942 g/mol. The molecule has 68 heavy (non-hydrogen) atoms. The number of carbonyl (C=O) groups excluding carboxylic acids is 3. The van der Waals surface area contributed by atoms with Crippen LogP contribution in [-0.2, 0) is 49.5 Å². The molecule has 6 rings (SSSR count). The molecule has 4 aromatic carbocycles. The van der Waals surface area contributed by atoms with E-state index in [0.717, 1.165) is 48.2 Å². The normalized spacial score (nSPS) is 19.4. The maximum atomic E-state index is 13.2. The van der Waals surface area contributed by atoms with Crippen LogP contribution >= 0.6 is 0 Å². The van der Waals surface area contributed by atoms with Crippen molar-refractivity contribution < 1.29 is 70.7 Å². The standard InChI is InChI=1S/C53H70N2O13/c1-54(21-15-37-31-48(63-7)50(65-9)33-40(37)42(54)27-35-11-13-44(59-3)46(29-35)61-5)23-17-52(57)67-25-19-39(56)20-26-68-53(58)18-24-55(2)22-16-38-32-49(64-8)51(66-10)34-41(38)43(55)28-36-12-14-45(60-4)47(30-36)62-6/h11-14,29-34,42-43H,15-28H2,1-10H3/q+2. The Morgan fingerprint density at radius 1 is 0.456 bits per heavy atom. The van der Waals surface area contributed by atoms with Crippen molar-refractivity contribution in [3.63, 3.8) is 0 Å². The van der Waals surface area contributed by atoms with Gasteiger partial charge in [-0.1, -0.05) is 12.1 Å². The fraction of sp³-hybridized carbons (Fsp3) is 0.491. The summed E-state index contributed by atoms with van der Waals surface area (Å²) in [6.07, 6.45) is 3.35. The molecule has 2 heterocycles. The zero-order chi connectivity index (χ0) is 49.0. The number of Topliss-reactive ketones (excluding diaryl/α,β-unsaturated/α-hetero) is 1. The molecule has 0 fully saturated rings. The summed E-state index contributed by atoms with van der Waals surface area (Å²) in [6, 6.07) is 20.1. The molecule has 15 heteroatoms. The van der Waals surface area contributed by atoms with Gasteiger partial charge in [0, 0.05) is 49.7 Å². The fourth-order valence-corrected chi connectivity index (χ4v) is 9.84. The highest BCUT2D eigenvalue weighted by molar-refractivity contribution is 5.79. The Hall–Kier alpha value is -6.19. The lowest BCUT2D eigenvalue weighted by Crippen LogP contribution is -2.53. The molecular formula is C53H70N2O13+2. The van der Waals surface area contributed by atoms with Gasteiger partial charge in [0.1, 0.15) is 17.9 Å². The molecule has 368 valence electrons. The summed E-state index contributed by atoms with van der Waals surface area (Å²) in [5, 5.41) is 0. The SMILES string of the molecule is COc1ccc(CC2c3cc(OC)c(OC)cc3CC[N+]2(C)CCC(=O)OCCC(=O)CCOC(=O)CC[N+]2(C)CCc3cc(OC)c(OC)cc3C2Cc2ccc(OC)c(OC)c2)cc1OC. The van der Waals surface area contributed by atoms with Gasteiger partial charge in [0.15, 0.2) is 46.0 Å². The number of hydrogen-bond acceptors (Lipinski definition) is 13. The molecule has 4 aromatic rings. The zero-order valence-corrected chi connectivity index (χ0v) is 41.5. The van der Waals surface area contributed by atoms with E-state index in [1.165, 1.54) is 11.1 Å². The predicted octanol–water partition coefficient (Wildman–Crippen LogP) is 7.24. The summed E-state index contributed by atoms with van der Waals surface area (Å²) in [5.41, 5.74) is 6.76. The van der Waals surface area contributed by atoms with Crippen molar-refractivity contribution in [1.29, 1.82) is 0 Å². The van der Waals surface area contributed by atoms with Crippen molar-refractivity contribution >= 4 is 17.7 Å². The molecule has 0 bridgehead atoms. The molecule has 0 spiro atoms. The van der Waals surface area contributed by atoms with Crippen LogP contribution < -0.4 is 37.9 Å². The lowest BCUT2D eigenvalue weighted by molar-refractivity contribution is -0.940. The van der Waals surface area contributed by atoms with Gasteiger partial charge in [-0.3, -0.25) is 14.4 Å². The maximum Gasteiger partial charge on any atom is 0.311 e. The molecule has 4 atom stereocenters. The number of hydrogen-bond donors (Lipinski definition) is 0. The Kier molecular flexibility index (Phi) is 17.5. The van der Waals surface area contributed by atoms with Crippen LogP contribution in [-0.4, -0.2) is 137 Å². The van der Waals surface area contributed by atoms with Crippen LogP contribution in [0.3, 0.4) is 0 Å². The van der Waals surface area contributed by atoms with Crippen LogP contribution in [0.5, 0.6) is 46.0 Å². The molecule has 0 N–H and O–H groups in total. The van der Waals surface area contributed by atoms with Gasteiger partial charge >= 0.3 is 11.9 Å². The fourth-order valence-electron chi connectivity index (χ4n) is 9.84. The number of carbonyl (C=O) groups is 3. The summed E-state index contributed by atoms with van der Waals surface area (Å²) < 4.78 is 57.3. The first-order valence-corrected chi connectivity index (χ1v) is 23.2. The van der Waals surface area contributed by atoms with Gasteiger partial charge in [-0.25, -0.2) is 0 Å². The van der Waals surface area contributed by atoms with Crippen molar-refractivity contribution in [3.8, 4) is 46.0 Å². The highest BCUT2D eigenvalue weighted by Crippen LogP contribution is 2.45. The van der Waals surface area contributed by atoms with Crippen LogP contribution in [0.25, 0.3) is 0 Å². The topological polar surface area (TPSA) is 144 Å². The highest BCUT2D eigenvalue weighted by atomic mass is 16.5. The summed E-state index contributed by atoms with van der Waals surface area (Å²) in [5.74, 6) is 4.37. The van der Waals surface area contributed by atoms with Crippen LogP contribution in [0.1, 0.15) is 71.1 Å². The van der Waals surface area contributed by atoms with Gasteiger partial charge in [0.2, 0.25) is 0 Å². The molecule has 15 nitrogen and oxygen atoms in total. The molecule has 0 saturated carbocycles. The van der Waals surface area contributed by atoms with E-state index in [0.29, 0.717) is 80.9 Å². The summed E-state index contributed by atoms with van der Waals surface area (Å²) in [7, 11) is 17.3. The predicted molar refractivity (Wildman–Crippen MR) is 256 cm³/mol. The number of quaternary nitrogens is 2. The van der Waals surface area contributed by atoms with Crippen molar-refractivity contribution in [2.24, 2.45) is 0 Å². The lowest BCUT2D eigenvalue weighted by Gasteiger charge is -2.46. The van der Waals surface area contributed by atoms with Crippen molar-refractivity contribution in [1.82, 2.24) is 0 Å². The van der Waals surface area contributed by atoms with Gasteiger partial charge in [-0.2, -0.15) is 0 Å². The van der Waals surface area contributed by atoms with E-state index in [4.69, 9.17) is 47.4 Å². The molecule has 0 aliphatic carbocycles. The van der Waals surface area contributed by atoms with E-state index in [-0.39, 0.29) is 68.7 Å². The summed E-state index contributed by atoms with van der Waals surface area (Å²) in [4.78, 5) is 39.3. The Morgan fingerprint density at radius 2 is 0.794 bits per heavy atom. The first-order chi connectivity index (χ1) is 32.7. The van der Waals surface area contributed by atoms with Gasteiger partial charge in [-0.15, -0.1) is 0 Å². The quantitative estimate of drug-likeness (QED) is 0.0515. The lowest BCUT2D eigenvalue weighted by atomic mass is 9.86. The molecule has 2 aliphatic rings. The average molecular weight is 943 g/mol. The minimum atomic E-state index is -0.370. The zero-order valence-electron chi connectivity index (χ0n) is 41.5. The summed E-state index contributed by atoms with van der Waals surface area (Å²) in [6.45, 7) is 2.56. The highest BCUT2D eigenvalue weighted by Gasteiger charge is 2.42. The third-order valence-electron chi connectivity index (χ3n) is 14.0. The van der Waals surface area contributed by atoms with E-state index in [9.17, 15) is 14.4 Å². The number of ether oxygens (including phenoxy) is 10. The Bertz CT molecular complexity index is 2240. The minimum absolute atomic E-state index is 0.0194. The molecule has 0 radical (unpaired) electrons. The second-order valence-corrected chi connectivity index (χ2v) is 18.0. The number of rotatable bonds is 24. The van der Waals surface area contributed by atoms with Crippen LogP contribution in [0.2, 0.25) is 0 Å². The Labute approximate surface area is 401 Å². The average Bonchev–Trinajstić information content (AvgIpc) is 3.35. The largest absolute Gasteiger partial charge is 0.493 e. The van der Waals surface area contributed by atoms with Crippen LogP contribution in [0.15, 0.2) is 60.7 Å². The third-order valence-corrected chi connectivity index (χ3v) is 14.0. The second-order valence-electron chi connectivity index (χ2n) is 18.0. The van der Waals surface area contributed by atoms with Gasteiger partial charge in [0.05, 0.1) is 123 Å². The van der Waals surface area contributed by atoms with E-state index in [2.05, 4.69) is 38.4 Å². The number of esters is 2. The molecule has 0 saturated heterocycles. The maximum absolute atomic E-state index is 13.2. The molecule has 0 amide bonds. The Balaban J connectivity index is 1.01. The number of likely N-dealkylation sites (N-methyl/N-ethyl adjacent to an activating group) is 2. The number of methoxy groups -OCH3 is 8. The molecule has 2 aliphatic heterocycles. The first-order valence-electron chi connectivity index (χ1n) is 23.2. The van der Waals surface area contributed by atoms with Gasteiger partial charge < -0.3 is 56.3 Å². The van der Waals surface area contributed by atoms with Crippen molar-refractivity contribution in [2.45, 2.75) is 63.5 Å². The molecular weight excluding hydrogens is 873 g/mol. The molecule has 4 unspecified atom stereocenters. The smallest absolute Gasteiger partial charge is 0.311 e. The van der Waals surface area contributed by atoms with E-state index in [1.54, 1.807) is 56.9 Å². The minimum Gasteiger partial charge on any atom is -0.493 e. The van der Waals surface area contributed by atoms with Crippen LogP contribution in [0, 0.1) is 0 Å². The molecule has 0 aromatic heterocycles. The summed E-state index contributed by atoms with van der Waals surface area (Å²) >= 11 is 0. The Morgan fingerprint density at radius 3 is 1.15 bits per heavy atom. The number of nitrogens with zero attached hydrogens (tertiary/aromatic N) is 2. The number of ketones is 1. The van der Waals surface area contributed by atoms with Crippen molar-refractivity contribution in [2.75, 3.05) is 110 Å². The van der Waals surface area contributed by atoms with E-state index >= 15 is 0 Å². The van der Waals surface area contributed by atoms with Crippen molar-refractivity contribution in [3.05, 3.63) is 94.0 Å².